The molecule has 0 heterocycles. The van der Waals surface area contributed by atoms with E-state index in [4.69, 9.17) is 14.2 Å². The molecule has 0 aromatic carbocycles. The van der Waals surface area contributed by atoms with Gasteiger partial charge >= 0.3 is 17.9 Å². The highest BCUT2D eigenvalue weighted by Crippen LogP contribution is 2.18. The van der Waals surface area contributed by atoms with Crippen molar-refractivity contribution < 1.29 is 28.6 Å². The minimum atomic E-state index is -0.776. The first-order valence-corrected chi connectivity index (χ1v) is 33.0. The molecular weight excluding hydrogens is 913 g/mol. The van der Waals surface area contributed by atoms with Crippen molar-refractivity contribution in [3.05, 3.63) is 36.5 Å². The fourth-order valence-electron chi connectivity index (χ4n) is 9.89. The summed E-state index contributed by atoms with van der Waals surface area (Å²) < 4.78 is 16.9. The van der Waals surface area contributed by atoms with Crippen LogP contribution in [0, 0.1) is 0 Å². The van der Waals surface area contributed by atoms with Crippen molar-refractivity contribution in [3.8, 4) is 0 Å². The third-order valence-electron chi connectivity index (χ3n) is 14.8. The summed E-state index contributed by atoms with van der Waals surface area (Å²) in [7, 11) is 0. The minimum Gasteiger partial charge on any atom is -0.462 e. The number of hydrogen-bond acceptors (Lipinski definition) is 6. The number of esters is 3. The molecule has 0 aromatic rings. The fraction of sp³-hybridized carbons (Fsp3) is 0.868. The summed E-state index contributed by atoms with van der Waals surface area (Å²) in [6, 6.07) is 0. The van der Waals surface area contributed by atoms with Gasteiger partial charge in [-0.2, -0.15) is 0 Å². The van der Waals surface area contributed by atoms with E-state index in [2.05, 4.69) is 57.2 Å². The third kappa shape index (κ3) is 60.5. The molecule has 0 radical (unpaired) electrons. The molecule has 0 fully saturated rings. The van der Waals surface area contributed by atoms with E-state index in [1.807, 2.05) is 0 Å². The van der Waals surface area contributed by atoms with Crippen LogP contribution < -0.4 is 0 Å². The molecule has 0 aliphatic heterocycles. The van der Waals surface area contributed by atoms with Crippen LogP contribution in [0.3, 0.4) is 0 Å². The average molecular weight is 1040 g/mol. The van der Waals surface area contributed by atoms with E-state index in [0.29, 0.717) is 19.3 Å². The first-order chi connectivity index (χ1) is 36.5. The van der Waals surface area contributed by atoms with Crippen molar-refractivity contribution >= 4 is 17.9 Å². The number of carbonyl (C=O) groups excluding carboxylic acids is 3. The van der Waals surface area contributed by atoms with Crippen LogP contribution >= 0.6 is 0 Å². The van der Waals surface area contributed by atoms with E-state index < -0.39 is 6.10 Å². The molecule has 6 nitrogen and oxygen atoms in total. The summed E-state index contributed by atoms with van der Waals surface area (Å²) in [5, 5.41) is 0. The zero-order valence-corrected chi connectivity index (χ0v) is 49.9. The van der Waals surface area contributed by atoms with Crippen molar-refractivity contribution in [2.45, 2.75) is 367 Å². The predicted octanol–water partition coefficient (Wildman–Crippen LogP) is 22.4. The summed E-state index contributed by atoms with van der Waals surface area (Å²) in [5.74, 6) is -0.866. The molecule has 1 unspecified atom stereocenters. The lowest BCUT2D eigenvalue weighted by Crippen LogP contribution is -2.30. The topological polar surface area (TPSA) is 78.9 Å². The first-order valence-electron chi connectivity index (χ1n) is 33.0. The molecule has 0 spiro atoms. The second-order valence-electron chi connectivity index (χ2n) is 22.4. The standard InChI is InChI=1S/C68H126O6/c1-4-7-10-13-16-19-22-24-26-28-30-32-33-34-35-37-38-40-42-44-46-49-52-55-58-61-67(70)73-64-65(63-72-66(69)60-57-54-51-48-21-18-15-12-9-6-3)74-68(71)62-59-56-53-50-47-45-43-41-39-36-31-29-27-25-23-20-17-14-11-8-5-2/h12,15,23,25,29,31,65H,4-11,13-14,16-22,24,26-28,30,32-64H2,1-3H3/b15-12-,25-23-,31-29-. The summed E-state index contributed by atoms with van der Waals surface area (Å²) in [4.78, 5) is 38.2. The van der Waals surface area contributed by atoms with Crippen LogP contribution in [0.1, 0.15) is 361 Å². The van der Waals surface area contributed by atoms with Crippen LogP contribution in [0.15, 0.2) is 36.5 Å². The highest BCUT2D eigenvalue weighted by Gasteiger charge is 2.19. The van der Waals surface area contributed by atoms with E-state index >= 15 is 0 Å². The molecule has 0 aliphatic carbocycles. The van der Waals surface area contributed by atoms with Crippen LogP contribution in [-0.2, 0) is 28.6 Å². The normalized spacial score (nSPS) is 12.2. The molecule has 0 bridgehead atoms. The lowest BCUT2D eigenvalue weighted by Gasteiger charge is -2.18. The molecule has 434 valence electrons. The Hall–Kier alpha value is -2.37. The SMILES string of the molecule is CCC/C=C\CCCCCCCC(=O)OCC(COC(=O)CCCCCCCCCCCCCCCCCCCCCCCCCCC)OC(=O)CCCCCCCCCCC/C=C\C/C=C\CCCCCCC. The summed E-state index contributed by atoms with van der Waals surface area (Å²) in [6.45, 7) is 6.62. The number of hydrogen-bond donors (Lipinski definition) is 0. The third-order valence-corrected chi connectivity index (χ3v) is 14.8. The Morgan fingerprint density at radius 3 is 0.811 bits per heavy atom. The van der Waals surface area contributed by atoms with Gasteiger partial charge in [-0.1, -0.05) is 308 Å². The van der Waals surface area contributed by atoms with Crippen LogP contribution in [-0.4, -0.2) is 37.2 Å². The average Bonchev–Trinajstić information content (AvgIpc) is 3.40. The number of carbonyl (C=O) groups is 3. The van der Waals surface area contributed by atoms with Gasteiger partial charge in [0, 0.05) is 19.3 Å². The van der Waals surface area contributed by atoms with E-state index in [1.54, 1.807) is 0 Å². The van der Waals surface area contributed by atoms with Gasteiger partial charge in [-0.3, -0.25) is 14.4 Å². The van der Waals surface area contributed by atoms with E-state index in [1.165, 1.54) is 244 Å². The highest BCUT2D eigenvalue weighted by molar-refractivity contribution is 5.71. The van der Waals surface area contributed by atoms with Gasteiger partial charge < -0.3 is 14.2 Å². The van der Waals surface area contributed by atoms with Gasteiger partial charge in [0.25, 0.3) is 0 Å². The minimum absolute atomic E-state index is 0.0725. The van der Waals surface area contributed by atoms with Crippen molar-refractivity contribution in [2.75, 3.05) is 13.2 Å². The monoisotopic (exact) mass is 1040 g/mol. The van der Waals surface area contributed by atoms with E-state index in [0.717, 1.165) is 77.0 Å². The van der Waals surface area contributed by atoms with E-state index in [9.17, 15) is 14.4 Å². The molecular formula is C68H126O6. The Labute approximate surface area is 461 Å². The molecule has 0 N–H and O–H groups in total. The molecule has 0 aromatic heterocycles. The molecule has 0 aliphatic rings. The van der Waals surface area contributed by atoms with Gasteiger partial charge in [-0.25, -0.2) is 0 Å². The smallest absolute Gasteiger partial charge is 0.306 e. The van der Waals surface area contributed by atoms with Crippen LogP contribution in [0.2, 0.25) is 0 Å². The molecule has 74 heavy (non-hydrogen) atoms. The Morgan fingerprint density at radius 2 is 0.514 bits per heavy atom. The Bertz CT molecular complexity index is 1240. The van der Waals surface area contributed by atoms with Gasteiger partial charge in [-0.05, 0) is 70.6 Å². The number of rotatable bonds is 61. The van der Waals surface area contributed by atoms with Crippen LogP contribution in [0.4, 0.5) is 0 Å². The zero-order valence-electron chi connectivity index (χ0n) is 49.9. The number of unbranched alkanes of at least 4 members (excludes halogenated alkanes) is 44. The maximum Gasteiger partial charge on any atom is 0.306 e. The molecule has 0 saturated heterocycles. The summed E-state index contributed by atoms with van der Waals surface area (Å²) >= 11 is 0. The quantitative estimate of drug-likeness (QED) is 0.0261. The van der Waals surface area contributed by atoms with E-state index in [-0.39, 0.29) is 31.1 Å². The van der Waals surface area contributed by atoms with Gasteiger partial charge in [0.1, 0.15) is 13.2 Å². The van der Waals surface area contributed by atoms with Gasteiger partial charge in [0.05, 0.1) is 0 Å². The maximum atomic E-state index is 12.9. The Balaban J connectivity index is 4.18. The van der Waals surface area contributed by atoms with Crippen LogP contribution in [0.25, 0.3) is 0 Å². The molecule has 0 rings (SSSR count). The largest absolute Gasteiger partial charge is 0.462 e. The molecule has 0 saturated carbocycles. The fourth-order valence-corrected chi connectivity index (χ4v) is 9.89. The van der Waals surface area contributed by atoms with Crippen molar-refractivity contribution in [1.82, 2.24) is 0 Å². The number of ether oxygens (including phenoxy) is 3. The summed E-state index contributed by atoms with van der Waals surface area (Å²) in [5.41, 5.74) is 0. The predicted molar refractivity (Wildman–Crippen MR) is 321 cm³/mol. The van der Waals surface area contributed by atoms with Gasteiger partial charge in [0.2, 0.25) is 0 Å². The molecule has 1 atom stereocenters. The zero-order chi connectivity index (χ0) is 53.6. The highest BCUT2D eigenvalue weighted by atomic mass is 16.6. The Kier molecular flexibility index (Phi) is 61.1. The summed E-state index contributed by atoms with van der Waals surface area (Å²) in [6.07, 6.45) is 77.4. The maximum absolute atomic E-state index is 12.9. The molecule has 6 heteroatoms. The second kappa shape index (κ2) is 63.2. The van der Waals surface area contributed by atoms with Crippen molar-refractivity contribution in [3.63, 3.8) is 0 Å². The van der Waals surface area contributed by atoms with Gasteiger partial charge in [0.15, 0.2) is 6.10 Å². The molecule has 0 amide bonds. The van der Waals surface area contributed by atoms with Gasteiger partial charge in [-0.15, -0.1) is 0 Å². The lowest BCUT2D eigenvalue weighted by molar-refractivity contribution is -0.167. The van der Waals surface area contributed by atoms with Crippen molar-refractivity contribution in [2.24, 2.45) is 0 Å². The Morgan fingerprint density at radius 1 is 0.270 bits per heavy atom. The second-order valence-corrected chi connectivity index (χ2v) is 22.4. The lowest BCUT2D eigenvalue weighted by atomic mass is 10.0. The van der Waals surface area contributed by atoms with Crippen LogP contribution in [0.5, 0.6) is 0 Å². The number of allylic oxidation sites excluding steroid dienone is 6. The van der Waals surface area contributed by atoms with Crippen molar-refractivity contribution in [1.29, 1.82) is 0 Å². The first kappa shape index (κ1) is 71.6.